The molecular formula is C18H21FN4O3S2. The molecule has 0 bridgehead atoms. The van der Waals surface area contributed by atoms with Crippen molar-refractivity contribution in [2.24, 2.45) is 0 Å². The van der Waals surface area contributed by atoms with E-state index in [0.717, 1.165) is 42.3 Å². The van der Waals surface area contributed by atoms with Crippen LogP contribution in [0, 0.1) is 5.82 Å². The average Bonchev–Trinajstić information content (AvgIpc) is 3.30. The van der Waals surface area contributed by atoms with Gasteiger partial charge in [0.15, 0.2) is 5.13 Å². The number of anilines is 1. The Labute approximate surface area is 167 Å². The van der Waals surface area contributed by atoms with Gasteiger partial charge in [-0.3, -0.25) is 5.32 Å². The molecule has 7 nitrogen and oxygen atoms in total. The van der Waals surface area contributed by atoms with E-state index in [0.29, 0.717) is 11.6 Å². The lowest BCUT2D eigenvalue weighted by Gasteiger charge is -2.25. The Bertz CT molecular complexity index is 986. The number of carbonyl (C=O) groups excluding carboxylic acids is 1. The summed E-state index contributed by atoms with van der Waals surface area (Å²) in [6.45, 7) is 0.344. The maximum absolute atomic E-state index is 14.0. The van der Waals surface area contributed by atoms with Gasteiger partial charge in [-0.05, 0) is 25.0 Å². The predicted molar refractivity (Wildman–Crippen MR) is 104 cm³/mol. The smallest absolute Gasteiger partial charge is 0.321 e. The van der Waals surface area contributed by atoms with Crippen molar-refractivity contribution in [1.82, 2.24) is 14.6 Å². The minimum Gasteiger partial charge on any atom is -0.335 e. The Kier molecular flexibility index (Phi) is 5.35. The van der Waals surface area contributed by atoms with Crippen LogP contribution in [0.2, 0.25) is 0 Å². The second-order valence-corrected chi connectivity index (χ2v) is 9.98. The van der Waals surface area contributed by atoms with Crippen molar-refractivity contribution in [1.29, 1.82) is 0 Å². The van der Waals surface area contributed by atoms with E-state index in [9.17, 15) is 17.6 Å². The van der Waals surface area contributed by atoms with Gasteiger partial charge in [-0.25, -0.2) is 22.6 Å². The normalized spacial score (nSPS) is 18.0. The van der Waals surface area contributed by atoms with Crippen LogP contribution in [0.4, 0.5) is 14.3 Å². The molecule has 1 aliphatic heterocycles. The molecule has 1 aliphatic carbocycles. The number of aromatic nitrogens is 1. The largest absolute Gasteiger partial charge is 0.335 e. The molecular weight excluding hydrogens is 403 g/mol. The lowest BCUT2D eigenvalue weighted by atomic mass is 10.2. The molecule has 2 heterocycles. The maximum Gasteiger partial charge on any atom is 0.321 e. The monoisotopic (exact) mass is 424 g/mol. The van der Waals surface area contributed by atoms with Crippen LogP contribution in [-0.2, 0) is 23.0 Å². The molecule has 0 atom stereocenters. The fraction of sp³-hybridized carbons (Fsp3) is 0.444. The van der Waals surface area contributed by atoms with Gasteiger partial charge >= 0.3 is 6.03 Å². The Hall–Kier alpha value is -2.04. The molecule has 28 heavy (non-hydrogen) atoms. The third-order valence-corrected chi connectivity index (χ3v) is 7.94. The van der Waals surface area contributed by atoms with Gasteiger partial charge < -0.3 is 5.32 Å². The van der Waals surface area contributed by atoms with Crippen molar-refractivity contribution in [3.05, 3.63) is 40.7 Å². The molecule has 150 valence electrons. The van der Waals surface area contributed by atoms with Gasteiger partial charge in [0.2, 0.25) is 10.0 Å². The van der Waals surface area contributed by atoms with Crippen molar-refractivity contribution >= 4 is 32.5 Å². The molecule has 2 aliphatic rings. The van der Waals surface area contributed by atoms with Crippen LogP contribution in [0.25, 0.3) is 0 Å². The minimum absolute atomic E-state index is 0.121. The molecule has 0 unspecified atom stereocenters. The lowest BCUT2D eigenvalue weighted by Crippen LogP contribution is -2.36. The Morgan fingerprint density at radius 1 is 1.25 bits per heavy atom. The van der Waals surface area contributed by atoms with Crippen LogP contribution in [-0.4, -0.2) is 36.3 Å². The number of urea groups is 1. The first-order valence-electron chi connectivity index (χ1n) is 9.24. The summed E-state index contributed by atoms with van der Waals surface area (Å²) in [6, 6.07) is 5.29. The number of hydrogen-bond donors (Lipinski definition) is 2. The molecule has 0 spiro atoms. The molecule has 0 saturated heterocycles. The number of sulfonamides is 1. The van der Waals surface area contributed by atoms with Gasteiger partial charge in [-0.1, -0.05) is 36.3 Å². The first-order valence-corrected chi connectivity index (χ1v) is 11.5. The number of halogens is 1. The number of thiazole rings is 1. The van der Waals surface area contributed by atoms with Gasteiger partial charge in [-0.15, -0.1) is 0 Å². The summed E-state index contributed by atoms with van der Waals surface area (Å²) in [5.41, 5.74) is 0.779. The summed E-state index contributed by atoms with van der Waals surface area (Å²) in [7, 11) is -3.93. The van der Waals surface area contributed by atoms with E-state index < -0.39 is 15.8 Å². The highest BCUT2D eigenvalue weighted by molar-refractivity contribution is 7.89. The van der Waals surface area contributed by atoms with Crippen LogP contribution in [0.15, 0.2) is 29.2 Å². The summed E-state index contributed by atoms with van der Waals surface area (Å²) < 4.78 is 40.8. The number of nitrogens with one attached hydrogen (secondary N) is 2. The van der Waals surface area contributed by atoms with Gasteiger partial charge in [0, 0.05) is 23.9 Å². The molecule has 1 fully saturated rings. The van der Waals surface area contributed by atoms with Crippen molar-refractivity contribution < 1.29 is 17.6 Å². The Balaban J connectivity index is 1.46. The standard InChI is InChI=1S/C18H21FN4O3S2/c19-13-7-3-4-8-16(13)28(25,26)23-10-9-14-15(11-23)27-18(21-14)22-17(24)20-12-5-1-2-6-12/h3-4,7-8,12H,1-2,5-6,9-11H2,(H2,20,21,22,24). The molecule has 1 aromatic heterocycles. The number of carbonyl (C=O) groups is 1. The topological polar surface area (TPSA) is 91.4 Å². The summed E-state index contributed by atoms with van der Waals surface area (Å²) in [6.07, 6.45) is 4.66. The third kappa shape index (κ3) is 3.89. The highest BCUT2D eigenvalue weighted by Gasteiger charge is 2.32. The Morgan fingerprint density at radius 2 is 2.00 bits per heavy atom. The number of nitrogens with zero attached hydrogens (tertiary/aromatic N) is 2. The summed E-state index contributed by atoms with van der Waals surface area (Å²) in [5.74, 6) is -0.761. The predicted octanol–water partition coefficient (Wildman–Crippen LogP) is 3.09. The fourth-order valence-electron chi connectivity index (χ4n) is 3.61. The Morgan fingerprint density at radius 3 is 2.75 bits per heavy atom. The second kappa shape index (κ2) is 7.76. The number of fused-ring (bicyclic) bond motifs is 1. The summed E-state index contributed by atoms with van der Waals surface area (Å²) in [4.78, 5) is 17.0. The molecule has 1 saturated carbocycles. The van der Waals surface area contributed by atoms with E-state index in [4.69, 9.17) is 0 Å². The second-order valence-electron chi connectivity index (χ2n) is 6.99. The summed E-state index contributed by atoms with van der Waals surface area (Å²) in [5, 5.41) is 6.14. The zero-order valence-corrected chi connectivity index (χ0v) is 16.8. The van der Waals surface area contributed by atoms with E-state index in [2.05, 4.69) is 15.6 Å². The van der Waals surface area contributed by atoms with E-state index >= 15 is 0 Å². The minimum atomic E-state index is -3.93. The zero-order valence-electron chi connectivity index (χ0n) is 15.2. The first-order chi connectivity index (χ1) is 13.4. The average molecular weight is 425 g/mol. The molecule has 0 radical (unpaired) electrons. The van der Waals surface area contributed by atoms with Crippen molar-refractivity contribution in [2.45, 2.75) is 49.6 Å². The molecule has 1 aromatic carbocycles. The van der Waals surface area contributed by atoms with Crippen LogP contribution < -0.4 is 10.6 Å². The molecule has 10 heteroatoms. The molecule has 2 aromatic rings. The van der Waals surface area contributed by atoms with Crippen molar-refractivity contribution in [2.75, 3.05) is 11.9 Å². The van der Waals surface area contributed by atoms with Gasteiger partial charge in [-0.2, -0.15) is 4.31 Å². The first kappa shape index (κ1) is 19.3. The highest BCUT2D eigenvalue weighted by Crippen LogP contribution is 2.31. The van der Waals surface area contributed by atoms with E-state index in [1.807, 2.05) is 0 Å². The van der Waals surface area contributed by atoms with Gasteiger partial charge in [0.05, 0.1) is 12.2 Å². The number of benzene rings is 1. The third-order valence-electron chi connectivity index (χ3n) is 5.06. The van der Waals surface area contributed by atoms with Crippen molar-refractivity contribution in [3.8, 4) is 0 Å². The lowest BCUT2D eigenvalue weighted by molar-refractivity contribution is 0.248. The quantitative estimate of drug-likeness (QED) is 0.789. The van der Waals surface area contributed by atoms with E-state index in [-0.39, 0.29) is 30.1 Å². The molecule has 4 rings (SSSR count). The van der Waals surface area contributed by atoms with Gasteiger partial charge in [0.1, 0.15) is 10.7 Å². The van der Waals surface area contributed by atoms with Crippen LogP contribution in [0.1, 0.15) is 36.3 Å². The zero-order chi connectivity index (χ0) is 19.7. The molecule has 2 amide bonds. The molecule has 2 N–H and O–H groups in total. The number of hydrogen-bond acceptors (Lipinski definition) is 5. The van der Waals surface area contributed by atoms with Crippen LogP contribution in [0.5, 0.6) is 0 Å². The fourth-order valence-corrected chi connectivity index (χ4v) is 6.19. The summed E-state index contributed by atoms with van der Waals surface area (Å²) >= 11 is 1.26. The van der Waals surface area contributed by atoms with Crippen molar-refractivity contribution in [3.63, 3.8) is 0 Å². The van der Waals surface area contributed by atoms with Crippen LogP contribution in [0.3, 0.4) is 0 Å². The van der Waals surface area contributed by atoms with Crippen LogP contribution >= 0.6 is 11.3 Å². The van der Waals surface area contributed by atoms with E-state index in [1.54, 1.807) is 0 Å². The number of rotatable bonds is 4. The van der Waals surface area contributed by atoms with E-state index in [1.165, 1.54) is 33.8 Å². The highest BCUT2D eigenvalue weighted by atomic mass is 32.2. The SMILES string of the molecule is O=C(Nc1nc2c(s1)CN(S(=O)(=O)c1ccccc1F)CC2)NC1CCCC1. The maximum atomic E-state index is 14.0. The van der Waals surface area contributed by atoms with Gasteiger partial charge in [0.25, 0.3) is 0 Å². The number of amides is 2.